The van der Waals surface area contributed by atoms with Gasteiger partial charge in [0.15, 0.2) is 0 Å². The topological polar surface area (TPSA) is 38.3 Å². The molecule has 3 nitrogen and oxygen atoms in total. The van der Waals surface area contributed by atoms with Crippen molar-refractivity contribution in [1.82, 2.24) is 5.32 Å². The molecule has 1 amide bonds. The molecule has 0 fully saturated rings. The first-order valence-electron chi connectivity index (χ1n) is 5.60. The molecule has 104 valence electrons. The Morgan fingerprint density at radius 1 is 1.18 bits per heavy atom. The number of carbonyl (C=O) groups is 1. The predicted molar refractivity (Wildman–Crippen MR) is 60.6 cm³/mol. The highest BCUT2D eigenvalue weighted by molar-refractivity contribution is 5.81. The zero-order chi connectivity index (χ0) is 14.2. The minimum atomic E-state index is -4.84. The van der Waals surface area contributed by atoms with E-state index in [1.54, 1.807) is 0 Å². The van der Waals surface area contributed by atoms with Crippen molar-refractivity contribution in [3.63, 3.8) is 0 Å². The lowest BCUT2D eigenvalue weighted by Crippen LogP contribution is -2.49. The molecular weight excluding hydrogens is 235 g/mol. The molecule has 0 aliphatic carbocycles. The monoisotopic (exact) mass is 257 g/mol. The van der Waals surface area contributed by atoms with Gasteiger partial charge in [-0.25, -0.2) is 0 Å². The van der Waals surface area contributed by atoms with Gasteiger partial charge >= 0.3 is 12.1 Å². The van der Waals surface area contributed by atoms with E-state index >= 15 is 0 Å². The van der Waals surface area contributed by atoms with Crippen molar-refractivity contribution in [2.45, 2.75) is 52.9 Å². The molecule has 2 atom stereocenters. The highest BCUT2D eigenvalue weighted by Gasteiger charge is 2.40. The Labute approximate surface area is 101 Å². The smallest absolute Gasteiger partial charge is 0.379 e. The zero-order valence-electron chi connectivity index (χ0n) is 11.2. The van der Waals surface area contributed by atoms with E-state index < -0.39 is 24.2 Å². The van der Waals surface area contributed by atoms with Gasteiger partial charge in [-0.2, -0.15) is 13.2 Å². The van der Waals surface area contributed by atoms with E-state index in [1.807, 2.05) is 33.0 Å². The molecule has 0 aliphatic rings. The summed E-state index contributed by atoms with van der Waals surface area (Å²) in [6.07, 6.45) is -5.28. The maximum absolute atomic E-state index is 11.9. The van der Waals surface area contributed by atoms with Gasteiger partial charge in [-0.05, 0) is 12.8 Å². The van der Waals surface area contributed by atoms with Crippen molar-refractivity contribution in [3.8, 4) is 0 Å². The van der Waals surface area contributed by atoms with Crippen LogP contribution in [0.15, 0.2) is 0 Å². The summed E-state index contributed by atoms with van der Waals surface area (Å²) in [5, 5.41) is 1.86. The van der Waals surface area contributed by atoms with Gasteiger partial charge in [-0.1, -0.05) is 27.7 Å². The van der Waals surface area contributed by atoms with Crippen LogP contribution in [0.25, 0.3) is 0 Å². The number of alkyl halides is 3. The minimum absolute atomic E-state index is 0.0264. The van der Waals surface area contributed by atoms with E-state index in [0.717, 1.165) is 0 Å². The lowest BCUT2D eigenvalue weighted by atomic mass is 10.0. The van der Waals surface area contributed by atoms with E-state index in [-0.39, 0.29) is 5.92 Å². The van der Waals surface area contributed by atoms with Gasteiger partial charge in [0.05, 0.1) is 12.1 Å². The molecule has 2 unspecified atom stereocenters. The molecule has 0 aromatic heterocycles. The number of nitrogens with one attached hydrogen (secondary N) is 1. The van der Waals surface area contributed by atoms with Crippen LogP contribution in [0.2, 0.25) is 0 Å². The maximum atomic E-state index is 11.9. The molecule has 0 aromatic carbocycles. The fourth-order valence-corrected chi connectivity index (χ4v) is 1.42. The van der Waals surface area contributed by atoms with Crippen LogP contribution in [0.3, 0.4) is 0 Å². The van der Waals surface area contributed by atoms with Gasteiger partial charge < -0.3 is 10.1 Å². The van der Waals surface area contributed by atoms with E-state index in [1.165, 1.54) is 14.0 Å². The fraction of sp³-hybridized carbons (Fsp3) is 0.909. The van der Waals surface area contributed by atoms with Crippen LogP contribution >= 0.6 is 0 Å². The SMILES string of the molecule is CC.COC(C(C)C)C(C)NC(=O)C(F)(F)F. The Hall–Kier alpha value is -0.780. The van der Waals surface area contributed by atoms with Crippen LogP contribution in [-0.2, 0) is 9.53 Å². The number of halogens is 3. The molecular formula is C11H22F3NO2. The molecule has 6 heteroatoms. The molecule has 0 radical (unpaired) electrons. The molecule has 0 aromatic rings. The number of methoxy groups -OCH3 is 1. The Kier molecular flexibility index (Phi) is 9.11. The molecule has 0 saturated carbocycles. The van der Waals surface area contributed by atoms with Crippen LogP contribution in [-0.4, -0.2) is 31.3 Å². The lowest BCUT2D eigenvalue weighted by molar-refractivity contribution is -0.175. The second-order valence-electron chi connectivity index (χ2n) is 3.70. The number of carbonyl (C=O) groups excluding carboxylic acids is 1. The van der Waals surface area contributed by atoms with Crippen LogP contribution in [0, 0.1) is 5.92 Å². The van der Waals surface area contributed by atoms with Crippen molar-refractivity contribution in [1.29, 1.82) is 0 Å². The Balaban J connectivity index is 0. The van der Waals surface area contributed by atoms with E-state index in [9.17, 15) is 18.0 Å². The van der Waals surface area contributed by atoms with Gasteiger partial charge in [0.1, 0.15) is 0 Å². The summed E-state index contributed by atoms with van der Waals surface area (Å²) >= 11 is 0. The van der Waals surface area contributed by atoms with Gasteiger partial charge in [0.2, 0.25) is 0 Å². The first kappa shape index (κ1) is 18.6. The zero-order valence-corrected chi connectivity index (χ0v) is 11.2. The molecule has 0 bridgehead atoms. The average Bonchev–Trinajstić information content (AvgIpc) is 2.19. The van der Waals surface area contributed by atoms with Crippen molar-refractivity contribution < 1.29 is 22.7 Å². The standard InChI is InChI=1S/C9H16F3NO2.C2H6/c1-5(2)7(15-4)6(3)13-8(14)9(10,11)12;1-2/h5-7H,1-4H3,(H,13,14);1-2H3. The first-order valence-corrected chi connectivity index (χ1v) is 5.60. The van der Waals surface area contributed by atoms with Crippen LogP contribution in [0.1, 0.15) is 34.6 Å². The quantitative estimate of drug-likeness (QED) is 0.841. The maximum Gasteiger partial charge on any atom is 0.471 e. The Bertz CT molecular complexity index is 217. The third kappa shape index (κ3) is 7.20. The van der Waals surface area contributed by atoms with Crippen molar-refractivity contribution in [2.24, 2.45) is 5.92 Å². The van der Waals surface area contributed by atoms with Crippen molar-refractivity contribution in [2.75, 3.05) is 7.11 Å². The summed E-state index contributed by atoms with van der Waals surface area (Å²) in [7, 11) is 1.40. The summed E-state index contributed by atoms with van der Waals surface area (Å²) in [6, 6.07) is -0.677. The number of ether oxygens (including phenoxy) is 1. The Morgan fingerprint density at radius 3 is 1.82 bits per heavy atom. The molecule has 0 spiro atoms. The number of hydrogen-bond acceptors (Lipinski definition) is 2. The van der Waals surface area contributed by atoms with Crippen molar-refractivity contribution in [3.05, 3.63) is 0 Å². The summed E-state index contributed by atoms with van der Waals surface area (Å²) in [4.78, 5) is 10.6. The Morgan fingerprint density at radius 2 is 1.59 bits per heavy atom. The van der Waals surface area contributed by atoms with E-state index in [2.05, 4.69) is 0 Å². The van der Waals surface area contributed by atoms with Gasteiger partial charge in [-0.3, -0.25) is 4.79 Å². The molecule has 0 heterocycles. The summed E-state index contributed by atoms with van der Waals surface area (Å²) in [5.74, 6) is -1.91. The largest absolute Gasteiger partial charge is 0.471 e. The van der Waals surface area contributed by atoms with E-state index in [4.69, 9.17) is 4.74 Å². The molecule has 17 heavy (non-hydrogen) atoms. The predicted octanol–water partition coefficient (Wildman–Crippen LogP) is 2.75. The third-order valence-electron chi connectivity index (χ3n) is 2.04. The van der Waals surface area contributed by atoms with E-state index in [0.29, 0.717) is 0 Å². The average molecular weight is 257 g/mol. The molecule has 0 rings (SSSR count). The highest BCUT2D eigenvalue weighted by atomic mass is 19.4. The number of rotatable bonds is 4. The number of hydrogen-bond donors (Lipinski definition) is 1. The first-order chi connectivity index (χ1) is 7.70. The molecule has 1 N–H and O–H groups in total. The minimum Gasteiger partial charge on any atom is -0.379 e. The van der Waals surface area contributed by atoms with Gasteiger partial charge in [-0.15, -0.1) is 0 Å². The van der Waals surface area contributed by atoms with Crippen LogP contribution in [0.4, 0.5) is 13.2 Å². The summed E-state index contributed by atoms with van der Waals surface area (Å²) in [6.45, 7) is 9.10. The second kappa shape index (κ2) is 8.33. The lowest BCUT2D eigenvalue weighted by Gasteiger charge is -2.27. The summed E-state index contributed by atoms with van der Waals surface area (Å²) < 4.78 is 40.8. The van der Waals surface area contributed by atoms with Crippen molar-refractivity contribution >= 4 is 5.91 Å². The normalized spacial score (nSPS) is 14.7. The summed E-state index contributed by atoms with van der Waals surface area (Å²) in [5.41, 5.74) is 0. The fourth-order valence-electron chi connectivity index (χ4n) is 1.42. The molecule has 0 aliphatic heterocycles. The molecule has 0 saturated heterocycles. The van der Waals surface area contributed by atoms with Crippen LogP contribution < -0.4 is 5.32 Å². The van der Waals surface area contributed by atoms with Gasteiger partial charge in [0.25, 0.3) is 0 Å². The highest BCUT2D eigenvalue weighted by Crippen LogP contribution is 2.16. The number of amides is 1. The van der Waals surface area contributed by atoms with Crippen LogP contribution in [0.5, 0.6) is 0 Å². The van der Waals surface area contributed by atoms with Gasteiger partial charge in [0, 0.05) is 7.11 Å². The second-order valence-corrected chi connectivity index (χ2v) is 3.70. The third-order valence-corrected chi connectivity index (χ3v) is 2.04.